The second kappa shape index (κ2) is 6.45. The number of urea groups is 1. The molecule has 2 N–H and O–H groups in total. The van der Waals surface area contributed by atoms with Crippen LogP contribution in [0.5, 0.6) is 0 Å². The highest BCUT2D eigenvalue weighted by atomic mass is 32.2. The molecule has 1 aliphatic heterocycles. The Bertz CT molecular complexity index is 691. The molecule has 1 saturated heterocycles. The van der Waals surface area contributed by atoms with Crippen LogP contribution in [0, 0.1) is 5.82 Å². The lowest BCUT2D eigenvalue weighted by molar-refractivity contribution is 0.197. The molecule has 0 spiro atoms. The molecule has 2 aliphatic rings. The molecule has 1 aromatic rings. The fourth-order valence-electron chi connectivity index (χ4n) is 2.77. The average Bonchev–Trinajstić information content (AvgIpc) is 3.27. The topological polar surface area (TPSA) is 78.5 Å². The summed E-state index contributed by atoms with van der Waals surface area (Å²) in [7, 11) is -3.31. The van der Waals surface area contributed by atoms with E-state index in [1.165, 1.54) is 12.1 Å². The standard InChI is InChI=1S/C15H20FN3O3S/c16-12-3-1-2-11(8-12)9-13(19-7-6-17-15(19)20)10-18-23(21,22)14-4-5-14/h1-3,8,13-14,18H,4-7,9-10H2,(H,17,20)/t13-/m0/s1. The van der Waals surface area contributed by atoms with Crippen LogP contribution in [-0.4, -0.2) is 50.3 Å². The van der Waals surface area contributed by atoms with E-state index in [4.69, 9.17) is 0 Å². The summed E-state index contributed by atoms with van der Waals surface area (Å²) in [5.74, 6) is -0.342. The van der Waals surface area contributed by atoms with Gasteiger partial charge in [0.2, 0.25) is 10.0 Å². The van der Waals surface area contributed by atoms with E-state index in [1.807, 2.05) is 0 Å². The average molecular weight is 341 g/mol. The molecule has 23 heavy (non-hydrogen) atoms. The van der Waals surface area contributed by atoms with Crippen molar-refractivity contribution in [1.29, 1.82) is 0 Å². The van der Waals surface area contributed by atoms with Crippen molar-refractivity contribution in [3.8, 4) is 0 Å². The third-order valence-corrected chi connectivity index (χ3v) is 6.09. The number of rotatable bonds is 7. The molecule has 6 nitrogen and oxygen atoms in total. The summed E-state index contributed by atoms with van der Waals surface area (Å²) < 4.78 is 40.0. The van der Waals surface area contributed by atoms with Crippen molar-refractivity contribution in [2.45, 2.75) is 30.6 Å². The molecule has 0 aromatic heterocycles. The molecule has 126 valence electrons. The van der Waals surface area contributed by atoms with Crippen LogP contribution in [0.25, 0.3) is 0 Å². The minimum atomic E-state index is -3.31. The summed E-state index contributed by atoms with van der Waals surface area (Å²) in [4.78, 5) is 13.5. The highest BCUT2D eigenvalue weighted by Gasteiger charge is 2.37. The van der Waals surface area contributed by atoms with Gasteiger partial charge in [0.25, 0.3) is 0 Å². The molecule has 0 radical (unpaired) electrons. The van der Waals surface area contributed by atoms with Crippen molar-refractivity contribution in [3.05, 3.63) is 35.6 Å². The number of sulfonamides is 1. The van der Waals surface area contributed by atoms with Gasteiger partial charge < -0.3 is 10.2 Å². The van der Waals surface area contributed by atoms with E-state index >= 15 is 0 Å². The first-order chi connectivity index (χ1) is 11.0. The Morgan fingerprint density at radius 3 is 2.78 bits per heavy atom. The predicted octanol–water partition coefficient (Wildman–Crippen LogP) is 0.844. The van der Waals surface area contributed by atoms with Gasteiger partial charge in [-0.3, -0.25) is 0 Å². The van der Waals surface area contributed by atoms with Gasteiger partial charge in [-0.15, -0.1) is 0 Å². The highest BCUT2D eigenvalue weighted by molar-refractivity contribution is 7.90. The third-order valence-electron chi connectivity index (χ3n) is 4.17. The predicted molar refractivity (Wildman–Crippen MR) is 83.9 cm³/mol. The zero-order valence-electron chi connectivity index (χ0n) is 12.7. The first kappa shape index (κ1) is 16.2. The van der Waals surface area contributed by atoms with Gasteiger partial charge in [0, 0.05) is 19.6 Å². The molecule has 2 amide bonds. The molecule has 0 bridgehead atoms. The highest BCUT2D eigenvalue weighted by Crippen LogP contribution is 2.27. The molecule has 2 fully saturated rings. The molecular weight excluding hydrogens is 321 g/mol. The van der Waals surface area contributed by atoms with Gasteiger partial charge in [-0.05, 0) is 37.0 Å². The van der Waals surface area contributed by atoms with Crippen LogP contribution in [0.15, 0.2) is 24.3 Å². The van der Waals surface area contributed by atoms with E-state index in [-0.39, 0.29) is 29.7 Å². The second-order valence-corrected chi connectivity index (χ2v) is 8.05. The lowest BCUT2D eigenvalue weighted by Crippen LogP contribution is -2.47. The number of carbonyl (C=O) groups excluding carboxylic acids is 1. The van der Waals surface area contributed by atoms with E-state index in [2.05, 4.69) is 10.0 Å². The summed E-state index contributed by atoms with van der Waals surface area (Å²) in [6.45, 7) is 1.20. The number of nitrogens with zero attached hydrogens (tertiary/aromatic N) is 1. The molecule has 1 atom stereocenters. The normalized spacial score (nSPS) is 19.7. The van der Waals surface area contributed by atoms with Crippen molar-refractivity contribution in [2.75, 3.05) is 19.6 Å². The first-order valence-corrected chi connectivity index (χ1v) is 9.28. The largest absolute Gasteiger partial charge is 0.336 e. The van der Waals surface area contributed by atoms with Crippen molar-refractivity contribution < 1.29 is 17.6 Å². The van der Waals surface area contributed by atoms with Crippen LogP contribution in [0.4, 0.5) is 9.18 Å². The van der Waals surface area contributed by atoms with E-state index in [1.54, 1.807) is 17.0 Å². The van der Waals surface area contributed by atoms with Crippen molar-refractivity contribution in [1.82, 2.24) is 14.9 Å². The Morgan fingerprint density at radius 1 is 1.39 bits per heavy atom. The Morgan fingerprint density at radius 2 is 2.17 bits per heavy atom. The molecule has 1 aliphatic carbocycles. The van der Waals surface area contributed by atoms with Gasteiger partial charge in [0.05, 0.1) is 11.3 Å². The summed E-state index contributed by atoms with van der Waals surface area (Å²) in [5.41, 5.74) is 0.736. The van der Waals surface area contributed by atoms with Gasteiger partial charge in [-0.25, -0.2) is 22.3 Å². The zero-order chi connectivity index (χ0) is 16.4. The van der Waals surface area contributed by atoms with Gasteiger partial charge in [0.1, 0.15) is 5.82 Å². The van der Waals surface area contributed by atoms with Gasteiger partial charge in [0.15, 0.2) is 0 Å². The van der Waals surface area contributed by atoms with Crippen molar-refractivity contribution in [2.24, 2.45) is 0 Å². The van der Waals surface area contributed by atoms with Crippen LogP contribution in [0.2, 0.25) is 0 Å². The summed E-state index contributed by atoms with van der Waals surface area (Å²) in [6.07, 6.45) is 1.78. The van der Waals surface area contributed by atoms with Gasteiger partial charge in [-0.2, -0.15) is 0 Å². The lowest BCUT2D eigenvalue weighted by atomic mass is 10.0. The number of nitrogens with one attached hydrogen (secondary N) is 2. The quantitative estimate of drug-likeness (QED) is 0.771. The van der Waals surface area contributed by atoms with Crippen LogP contribution in [-0.2, 0) is 16.4 Å². The molecule has 1 aromatic carbocycles. The van der Waals surface area contributed by atoms with Crippen molar-refractivity contribution >= 4 is 16.1 Å². The van der Waals surface area contributed by atoms with Gasteiger partial charge in [-0.1, -0.05) is 12.1 Å². The van der Waals surface area contributed by atoms with Crippen molar-refractivity contribution in [3.63, 3.8) is 0 Å². The third kappa shape index (κ3) is 4.00. The minimum absolute atomic E-state index is 0.142. The fraction of sp³-hybridized carbons (Fsp3) is 0.533. The summed E-state index contributed by atoms with van der Waals surface area (Å²) in [5, 5.41) is 2.41. The molecular formula is C15H20FN3O3S. The Kier molecular flexibility index (Phi) is 4.54. The van der Waals surface area contributed by atoms with E-state index in [0.29, 0.717) is 32.4 Å². The number of halogens is 1. The maximum absolute atomic E-state index is 13.4. The van der Waals surface area contributed by atoms with Crippen LogP contribution < -0.4 is 10.0 Å². The molecule has 0 unspecified atom stereocenters. The number of hydrogen-bond donors (Lipinski definition) is 2. The number of amides is 2. The molecule has 1 saturated carbocycles. The maximum Gasteiger partial charge on any atom is 0.317 e. The lowest BCUT2D eigenvalue weighted by Gasteiger charge is -2.27. The summed E-state index contributed by atoms with van der Waals surface area (Å²) in [6, 6.07) is 5.61. The van der Waals surface area contributed by atoms with Crippen LogP contribution >= 0.6 is 0 Å². The monoisotopic (exact) mass is 341 g/mol. The van der Waals surface area contributed by atoms with E-state index < -0.39 is 10.0 Å². The maximum atomic E-state index is 13.4. The first-order valence-electron chi connectivity index (χ1n) is 7.73. The SMILES string of the molecule is O=C1NCCN1[C@H](CNS(=O)(=O)C1CC1)Cc1cccc(F)c1. The number of benzene rings is 1. The van der Waals surface area contributed by atoms with Crippen LogP contribution in [0.3, 0.4) is 0 Å². The molecule has 1 heterocycles. The van der Waals surface area contributed by atoms with E-state index in [0.717, 1.165) is 5.56 Å². The minimum Gasteiger partial charge on any atom is -0.336 e. The number of carbonyl (C=O) groups is 1. The fourth-order valence-corrected chi connectivity index (χ4v) is 4.19. The number of hydrogen-bond acceptors (Lipinski definition) is 3. The molecule has 3 rings (SSSR count). The Hall–Kier alpha value is -1.67. The zero-order valence-corrected chi connectivity index (χ0v) is 13.5. The second-order valence-electron chi connectivity index (χ2n) is 6.01. The Labute approximate surface area is 135 Å². The Balaban J connectivity index is 1.72. The van der Waals surface area contributed by atoms with E-state index in [9.17, 15) is 17.6 Å². The summed E-state index contributed by atoms with van der Waals surface area (Å²) >= 11 is 0. The molecule has 8 heteroatoms. The van der Waals surface area contributed by atoms with Gasteiger partial charge >= 0.3 is 6.03 Å². The van der Waals surface area contributed by atoms with Crippen LogP contribution in [0.1, 0.15) is 18.4 Å². The smallest absolute Gasteiger partial charge is 0.317 e.